The van der Waals surface area contributed by atoms with Gasteiger partial charge in [0.15, 0.2) is 0 Å². The van der Waals surface area contributed by atoms with Crippen LogP contribution in [0.4, 0.5) is 8.78 Å². The molecule has 0 fully saturated rings. The Balaban J connectivity index is 1.78. The van der Waals surface area contributed by atoms with Crippen molar-refractivity contribution in [2.24, 2.45) is 0 Å². The molecule has 0 spiro atoms. The van der Waals surface area contributed by atoms with Crippen molar-refractivity contribution in [2.45, 2.75) is 51.1 Å². The zero-order chi connectivity index (χ0) is 24.6. The van der Waals surface area contributed by atoms with E-state index in [0.29, 0.717) is 41.6 Å². The van der Waals surface area contributed by atoms with Crippen molar-refractivity contribution >= 4 is 10.0 Å². The average Bonchev–Trinajstić information content (AvgIpc) is 2.74. The van der Waals surface area contributed by atoms with Gasteiger partial charge in [-0.1, -0.05) is 24.3 Å². The van der Waals surface area contributed by atoms with E-state index in [1.54, 1.807) is 23.0 Å². The molecule has 3 aromatic rings. The summed E-state index contributed by atoms with van der Waals surface area (Å²) >= 11 is 0. The van der Waals surface area contributed by atoms with Crippen LogP contribution in [0.15, 0.2) is 53.6 Å². The Morgan fingerprint density at radius 3 is 2.47 bits per heavy atom. The van der Waals surface area contributed by atoms with Crippen molar-refractivity contribution in [3.63, 3.8) is 0 Å². The van der Waals surface area contributed by atoms with Gasteiger partial charge in [0.1, 0.15) is 11.6 Å². The van der Waals surface area contributed by atoms with Gasteiger partial charge in [0.25, 0.3) is 5.56 Å². The number of rotatable bonds is 6. The lowest BCUT2D eigenvalue weighted by molar-refractivity contribution is 0.413. The highest BCUT2D eigenvalue weighted by molar-refractivity contribution is 7.88. The number of benzene rings is 2. The standard InChI is InChI=1S/C25H27F2N3O3S/c1-15(2)30-14-28-23-8-7-22(29-34(3,32)33)21(24(23)25(30)31)10-16-5-4-6-17(9-16)18-11-19(26)13-20(27)12-18/h4-6,9,11-15,21-22,29H,7-8,10H2,1-3H3/t21-,22-/m0/s1. The van der Waals surface area contributed by atoms with Crippen molar-refractivity contribution in [3.05, 3.63) is 87.6 Å². The summed E-state index contributed by atoms with van der Waals surface area (Å²) in [6.45, 7) is 3.78. The van der Waals surface area contributed by atoms with Crippen LogP contribution in [0.3, 0.4) is 0 Å². The summed E-state index contributed by atoms with van der Waals surface area (Å²) in [4.78, 5) is 17.9. The number of fused-ring (bicyclic) bond motifs is 1. The zero-order valence-electron chi connectivity index (χ0n) is 19.3. The van der Waals surface area contributed by atoms with Crippen LogP contribution in [0.5, 0.6) is 0 Å². The quantitative estimate of drug-likeness (QED) is 0.571. The first-order chi connectivity index (χ1) is 16.0. The van der Waals surface area contributed by atoms with Crippen molar-refractivity contribution < 1.29 is 17.2 Å². The molecule has 0 saturated heterocycles. The van der Waals surface area contributed by atoms with E-state index in [1.165, 1.54) is 12.1 Å². The summed E-state index contributed by atoms with van der Waals surface area (Å²) in [5, 5.41) is 0. The van der Waals surface area contributed by atoms with E-state index in [9.17, 15) is 22.0 Å². The predicted molar refractivity (Wildman–Crippen MR) is 127 cm³/mol. The number of sulfonamides is 1. The van der Waals surface area contributed by atoms with Gasteiger partial charge in [-0.05, 0) is 61.9 Å². The smallest absolute Gasteiger partial charge is 0.257 e. The third kappa shape index (κ3) is 5.26. The van der Waals surface area contributed by atoms with E-state index < -0.39 is 33.6 Å². The molecule has 0 bridgehead atoms. The van der Waals surface area contributed by atoms with Crippen LogP contribution in [-0.4, -0.2) is 30.3 Å². The Morgan fingerprint density at radius 1 is 1.12 bits per heavy atom. The molecule has 180 valence electrons. The maximum absolute atomic E-state index is 13.8. The maximum atomic E-state index is 13.8. The Bertz CT molecular complexity index is 1370. The fourth-order valence-electron chi connectivity index (χ4n) is 4.66. The molecule has 6 nitrogen and oxygen atoms in total. The van der Waals surface area contributed by atoms with Crippen molar-refractivity contribution in [3.8, 4) is 11.1 Å². The Labute approximate surface area is 197 Å². The summed E-state index contributed by atoms with van der Waals surface area (Å²) in [5.74, 6) is -1.78. The number of halogens is 2. The number of hydrogen-bond donors (Lipinski definition) is 1. The SMILES string of the molecule is CC(C)n1cnc2c(c1=O)[C@@H](Cc1cccc(-c3cc(F)cc(F)c3)c1)[C@@H](NS(C)(=O)=O)CC2. The van der Waals surface area contributed by atoms with Crippen LogP contribution < -0.4 is 10.3 Å². The molecule has 2 atom stereocenters. The minimum absolute atomic E-state index is 0.0969. The lowest BCUT2D eigenvalue weighted by Crippen LogP contribution is -2.45. The van der Waals surface area contributed by atoms with E-state index in [4.69, 9.17) is 0 Å². The minimum Gasteiger partial charge on any atom is -0.296 e. The van der Waals surface area contributed by atoms with Crippen LogP contribution in [-0.2, 0) is 22.9 Å². The van der Waals surface area contributed by atoms with Crippen LogP contribution in [0.25, 0.3) is 11.1 Å². The average molecular weight is 488 g/mol. The highest BCUT2D eigenvalue weighted by atomic mass is 32.2. The highest BCUT2D eigenvalue weighted by Crippen LogP contribution is 2.33. The Kier molecular flexibility index (Phi) is 6.69. The minimum atomic E-state index is -3.51. The summed E-state index contributed by atoms with van der Waals surface area (Å²) in [6.07, 6.45) is 4.03. The number of hydrogen-bond acceptors (Lipinski definition) is 4. The summed E-state index contributed by atoms with van der Waals surface area (Å²) in [7, 11) is -3.51. The lowest BCUT2D eigenvalue weighted by atomic mass is 9.78. The van der Waals surface area contributed by atoms with Gasteiger partial charge in [-0.15, -0.1) is 0 Å². The van der Waals surface area contributed by atoms with Crippen LogP contribution in [0.2, 0.25) is 0 Å². The first kappa shape index (κ1) is 24.2. The third-order valence-electron chi connectivity index (χ3n) is 6.16. The molecular weight excluding hydrogens is 460 g/mol. The normalized spacial score (nSPS) is 18.2. The zero-order valence-corrected chi connectivity index (χ0v) is 20.1. The van der Waals surface area contributed by atoms with Crippen LogP contribution in [0, 0.1) is 11.6 Å². The fraction of sp³-hybridized carbons (Fsp3) is 0.360. The molecular formula is C25H27F2N3O3S. The van der Waals surface area contributed by atoms with Gasteiger partial charge >= 0.3 is 0 Å². The first-order valence-corrected chi connectivity index (χ1v) is 13.0. The molecule has 9 heteroatoms. The number of nitrogens with one attached hydrogen (secondary N) is 1. The molecule has 0 radical (unpaired) electrons. The Hall–Kier alpha value is -2.91. The van der Waals surface area contributed by atoms with Gasteiger partial charge in [0, 0.05) is 29.6 Å². The molecule has 1 aliphatic carbocycles. The molecule has 0 amide bonds. The molecule has 1 heterocycles. The van der Waals surface area contributed by atoms with Gasteiger partial charge in [-0.3, -0.25) is 9.36 Å². The van der Waals surface area contributed by atoms with E-state index in [-0.39, 0.29) is 11.6 Å². The summed E-state index contributed by atoms with van der Waals surface area (Å²) in [6, 6.07) is 9.99. The first-order valence-electron chi connectivity index (χ1n) is 11.1. The lowest BCUT2D eigenvalue weighted by Gasteiger charge is -2.33. The molecule has 1 N–H and O–H groups in total. The second-order valence-corrected chi connectivity index (χ2v) is 10.9. The molecule has 0 saturated carbocycles. The van der Waals surface area contributed by atoms with Gasteiger partial charge in [-0.2, -0.15) is 0 Å². The van der Waals surface area contributed by atoms with Crippen molar-refractivity contribution in [1.29, 1.82) is 0 Å². The highest BCUT2D eigenvalue weighted by Gasteiger charge is 2.35. The van der Waals surface area contributed by atoms with E-state index in [1.807, 2.05) is 26.0 Å². The molecule has 0 unspecified atom stereocenters. The summed E-state index contributed by atoms with van der Waals surface area (Å²) < 4.78 is 56.0. The van der Waals surface area contributed by atoms with E-state index in [2.05, 4.69) is 9.71 Å². The van der Waals surface area contributed by atoms with Gasteiger partial charge in [-0.25, -0.2) is 26.9 Å². The molecule has 0 aliphatic heterocycles. The number of aryl methyl sites for hydroxylation is 1. The maximum Gasteiger partial charge on any atom is 0.257 e. The second-order valence-electron chi connectivity index (χ2n) is 9.12. The number of aromatic nitrogens is 2. The fourth-order valence-corrected chi connectivity index (χ4v) is 5.50. The number of nitrogens with zero attached hydrogens (tertiary/aromatic N) is 2. The van der Waals surface area contributed by atoms with Crippen LogP contribution in [0.1, 0.15) is 49.0 Å². The summed E-state index contributed by atoms with van der Waals surface area (Å²) in [5.41, 5.74) is 2.88. The third-order valence-corrected chi connectivity index (χ3v) is 6.89. The van der Waals surface area contributed by atoms with Crippen LogP contribution >= 0.6 is 0 Å². The van der Waals surface area contributed by atoms with Gasteiger partial charge < -0.3 is 0 Å². The van der Waals surface area contributed by atoms with Gasteiger partial charge in [0.2, 0.25) is 10.0 Å². The largest absolute Gasteiger partial charge is 0.296 e. The molecule has 34 heavy (non-hydrogen) atoms. The second kappa shape index (κ2) is 9.38. The molecule has 1 aromatic heterocycles. The van der Waals surface area contributed by atoms with E-state index >= 15 is 0 Å². The molecule has 1 aliphatic rings. The van der Waals surface area contributed by atoms with Crippen molar-refractivity contribution in [1.82, 2.24) is 14.3 Å². The molecule has 2 aromatic carbocycles. The monoisotopic (exact) mass is 487 g/mol. The predicted octanol–water partition coefficient (Wildman–Crippen LogP) is 3.96. The Morgan fingerprint density at radius 2 is 1.82 bits per heavy atom. The van der Waals surface area contributed by atoms with E-state index in [0.717, 1.165) is 17.9 Å². The molecule has 4 rings (SSSR count). The topological polar surface area (TPSA) is 81.1 Å². The van der Waals surface area contributed by atoms with Crippen molar-refractivity contribution in [2.75, 3.05) is 6.26 Å². The van der Waals surface area contributed by atoms with Gasteiger partial charge in [0.05, 0.1) is 18.3 Å².